The van der Waals surface area contributed by atoms with Crippen LogP contribution < -0.4 is 9.47 Å². The zero-order valence-electron chi connectivity index (χ0n) is 17.3. The van der Waals surface area contributed by atoms with Gasteiger partial charge in [0.2, 0.25) is 5.78 Å². The normalized spacial score (nSPS) is 11.7. The van der Waals surface area contributed by atoms with Gasteiger partial charge >= 0.3 is 6.18 Å². The number of carbonyl (C=O) groups is 1. The quantitative estimate of drug-likeness (QED) is 0.269. The Morgan fingerprint density at radius 1 is 1.22 bits per heavy atom. The van der Waals surface area contributed by atoms with Crippen molar-refractivity contribution in [2.24, 2.45) is 0 Å². The molecule has 0 saturated carbocycles. The maximum atomic E-state index is 12.9. The fraction of sp³-hybridized carbons (Fsp3) is 0.217. The third-order valence-corrected chi connectivity index (χ3v) is 5.20. The van der Waals surface area contributed by atoms with Gasteiger partial charge in [-0.2, -0.15) is 18.3 Å². The SMILES string of the molecule is CCn1ncc(Br)c1C(=O)/C=C/c1ccc(OC)c(COc2cccc(C(F)(F)F)c2)c1. The van der Waals surface area contributed by atoms with Crippen LogP contribution >= 0.6 is 15.9 Å². The number of ketones is 1. The maximum Gasteiger partial charge on any atom is 0.416 e. The average molecular weight is 509 g/mol. The molecule has 0 spiro atoms. The molecule has 1 heterocycles. The lowest BCUT2D eigenvalue weighted by Gasteiger charge is -2.13. The van der Waals surface area contributed by atoms with E-state index in [4.69, 9.17) is 9.47 Å². The second kappa shape index (κ2) is 10.0. The second-order valence-corrected chi connectivity index (χ2v) is 7.59. The average Bonchev–Trinajstić information content (AvgIpc) is 3.16. The molecule has 0 aliphatic rings. The molecule has 0 unspecified atom stereocenters. The first-order chi connectivity index (χ1) is 15.2. The van der Waals surface area contributed by atoms with E-state index < -0.39 is 11.7 Å². The molecule has 0 bridgehead atoms. The van der Waals surface area contributed by atoms with E-state index in [0.29, 0.717) is 33.6 Å². The van der Waals surface area contributed by atoms with Gasteiger partial charge in [-0.3, -0.25) is 9.48 Å². The molecule has 0 aliphatic carbocycles. The van der Waals surface area contributed by atoms with Crippen molar-refractivity contribution in [2.45, 2.75) is 26.3 Å². The topological polar surface area (TPSA) is 53.4 Å². The van der Waals surface area contributed by atoms with E-state index in [0.717, 1.165) is 12.1 Å². The van der Waals surface area contributed by atoms with Crippen LogP contribution in [0.2, 0.25) is 0 Å². The standard InChI is InChI=1S/C23H20BrF3N2O3/c1-3-29-22(19(24)13-28-29)20(30)9-7-15-8-10-21(31-2)16(11-15)14-32-18-6-4-5-17(12-18)23(25,26)27/h4-13H,3,14H2,1-2H3/b9-7+. The number of alkyl halides is 3. The molecule has 0 fully saturated rings. The van der Waals surface area contributed by atoms with E-state index >= 15 is 0 Å². The van der Waals surface area contributed by atoms with Crippen LogP contribution in [0, 0.1) is 0 Å². The fourth-order valence-electron chi connectivity index (χ4n) is 3.04. The number of ether oxygens (including phenoxy) is 2. The second-order valence-electron chi connectivity index (χ2n) is 6.74. The summed E-state index contributed by atoms with van der Waals surface area (Å²) in [6, 6.07) is 9.91. The van der Waals surface area contributed by atoms with Crippen molar-refractivity contribution in [3.63, 3.8) is 0 Å². The number of rotatable bonds is 8. The summed E-state index contributed by atoms with van der Waals surface area (Å²) in [6.07, 6.45) is 0.208. The minimum Gasteiger partial charge on any atom is -0.496 e. The molecule has 32 heavy (non-hydrogen) atoms. The van der Waals surface area contributed by atoms with Crippen molar-refractivity contribution in [1.29, 1.82) is 0 Å². The Hall–Kier alpha value is -3.07. The van der Waals surface area contributed by atoms with Crippen molar-refractivity contribution in [2.75, 3.05) is 7.11 Å². The predicted molar refractivity (Wildman–Crippen MR) is 118 cm³/mol. The molecule has 3 aromatic rings. The number of benzene rings is 2. The van der Waals surface area contributed by atoms with Crippen LogP contribution in [-0.4, -0.2) is 22.7 Å². The number of halogens is 4. The van der Waals surface area contributed by atoms with Crippen molar-refractivity contribution in [3.05, 3.63) is 81.6 Å². The van der Waals surface area contributed by atoms with Crippen LogP contribution in [0.4, 0.5) is 13.2 Å². The molecule has 9 heteroatoms. The van der Waals surface area contributed by atoms with Crippen LogP contribution in [0.1, 0.15) is 34.1 Å². The number of aromatic nitrogens is 2. The molecule has 168 valence electrons. The lowest BCUT2D eigenvalue weighted by molar-refractivity contribution is -0.137. The summed E-state index contributed by atoms with van der Waals surface area (Å²) in [7, 11) is 1.49. The monoisotopic (exact) mass is 508 g/mol. The highest BCUT2D eigenvalue weighted by Crippen LogP contribution is 2.32. The zero-order valence-corrected chi connectivity index (χ0v) is 18.9. The molecule has 5 nitrogen and oxygen atoms in total. The molecule has 3 rings (SSSR count). The number of hydrogen-bond acceptors (Lipinski definition) is 4. The van der Waals surface area contributed by atoms with Crippen molar-refractivity contribution < 1.29 is 27.4 Å². The smallest absolute Gasteiger partial charge is 0.416 e. The number of nitrogens with zero attached hydrogens (tertiary/aromatic N) is 2. The predicted octanol–water partition coefficient (Wildman–Crippen LogP) is 6.17. The van der Waals surface area contributed by atoms with Gasteiger partial charge < -0.3 is 9.47 Å². The maximum absolute atomic E-state index is 12.9. The summed E-state index contributed by atoms with van der Waals surface area (Å²) >= 11 is 3.33. The largest absolute Gasteiger partial charge is 0.496 e. The van der Waals surface area contributed by atoms with Gasteiger partial charge in [0, 0.05) is 12.1 Å². The third kappa shape index (κ3) is 5.59. The van der Waals surface area contributed by atoms with Crippen molar-refractivity contribution in [1.82, 2.24) is 9.78 Å². The highest BCUT2D eigenvalue weighted by Gasteiger charge is 2.30. The number of hydrogen-bond donors (Lipinski definition) is 0. The van der Waals surface area contributed by atoms with E-state index in [9.17, 15) is 18.0 Å². The zero-order chi connectivity index (χ0) is 23.3. The minimum atomic E-state index is -4.45. The van der Waals surface area contributed by atoms with E-state index in [1.54, 1.807) is 35.2 Å². The van der Waals surface area contributed by atoms with E-state index in [2.05, 4.69) is 21.0 Å². The Morgan fingerprint density at radius 2 is 2.00 bits per heavy atom. The van der Waals surface area contributed by atoms with E-state index in [-0.39, 0.29) is 18.1 Å². The molecular weight excluding hydrogens is 489 g/mol. The lowest BCUT2D eigenvalue weighted by Crippen LogP contribution is -2.07. The summed E-state index contributed by atoms with van der Waals surface area (Å²) in [5.41, 5.74) is 1.000. The lowest BCUT2D eigenvalue weighted by atomic mass is 10.1. The summed E-state index contributed by atoms with van der Waals surface area (Å²) in [4.78, 5) is 12.6. The van der Waals surface area contributed by atoms with E-state index in [1.807, 2.05) is 6.92 Å². The highest BCUT2D eigenvalue weighted by atomic mass is 79.9. The summed E-state index contributed by atoms with van der Waals surface area (Å²) in [6.45, 7) is 2.44. The van der Waals surface area contributed by atoms with Crippen LogP contribution in [0.25, 0.3) is 6.08 Å². The molecule has 0 radical (unpaired) electrons. The van der Waals surface area contributed by atoms with Crippen molar-refractivity contribution in [3.8, 4) is 11.5 Å². The van der Waals surface area contributed by atoms with Crippen LogP contribution in [0.3, 0.4) is 0 Å². The van der Waals surface area contributed by atoms with Crippen LogP contribution in [0.5, 0.6) is 11.5 Å². The Kier molecular flexibility index (Phi) is 7.40. The molecule has 2 aromatic carbocycles. The first-order valence-electron chi connectivity index (χ1n) is 9.63. The van der Waals surface area contributed by atoms with Gasteiger partial charge in [0.25, 0.3) is 0 Å². The van der Waals surface area contributed by atoms with Crippen LogP contribution in [-0.2, 0) is 19.3 Å². The van der Waals surface area contributed by atoms with E-state index in [1.165, 1.54) is 25.3 Å². The number of methoxy groups -OCH3 is 1. The van der Waals surface area contributed by atoms with Gasteiger partial charge in [0.05, 0.1) is 23.3 Å². The Bertz CT molecular complexity index is 1140. The molecular formula is C23H20BrF3N2O3. The molecule has 0 amide bonds. The number of allylic oxidation sites excluding steroid dienone is 1. The van der Waals surface area contributed by atoms with Gasteiger partial charge in [-0.1, -0.05) is 18.2 Å². The Balaban J connectivity index is 1.78. The van der Waals surface area contributed by atoms with Gasteiger partial charge in [-0.05, 0) is 64.8 Å². The Labute approximate surface area is 191 Å². The minimum absolute atomic E-state index is 0.00569. The summed E-state index contributed by atoms with van der Waals surface area (Å²) in [5.74, 6) is 0.400. The summed E-state index contributed by atoms with van der Waals surface area (Å²) in [5, 5.41) is 4.13. The Morgan fingerprint density at radius 3 is 2.69 bits per heavy atom. The molecule has 1 aromatic heterocycles. The number of aryl methyl sites for hydroxylation is 1. The van der Waals surface area contributed by atoms with Gasteiger partial charge in [0.15, 0.2) is 0 Å². The van der Waals surface area contributed by atoms with Gasteiger partial charge in [-0.25, -0.2) is 0 Å². The highest BCUT2D eigenvalue weighted by molar-refractivity contribution is 9.10. The first-order valence-corrected chi connectivity index (χ1v) is 10.4. The third-order valence-electron chi connectivity index (χ3n) is 4.62. The fourth-order valence-corrected chi connectivity index (χ4v) is 3.53. The molecule has 0 saturated heterocycles. The number of carbonyl (C=O) groups excluding carboxylic acids is 1. The first kappa shape index (κ1) is 23.6. The van der Waals surface area contributed by atoms with Crippen molar-refractivity contribution >= 4 is 27.8 Å². The van der Waals surface area contributed by atoms with Gasteiger partial charge in [-0.15, -0.1) is 0 Å². The molecule has 0 aliphatic heterocycles. The molecule has 0 N–H and O–H groups in total. The molecule has 0 atom stereocenters. The van der Waals surface area contributed by atoms with Gasteiger partial charge in [0.1, 0.15) is 23.8 Å². The van der Waals surface area contributed by atoms with Crippen LogP contribution in [0.15, 0.2) is 59.2 Å². The summed E-state index contributed by atoms with van der Waals surface area (Å²) < 4.78 is 51.8.